The van der Waals surface area contributed by atoms with Crippen molar-refractivity contribution in [3.05, 3.63) is 23.8 Å². The fourth-order valence-electron chi connectivity index (χ4n) is 2.01. The molecule has 17 heavy (non-hydrogen) atoms. The highest BCUT2D eigenvalue weighted by molar-refractivity contribution is 5.44. The molecule has 0 aliphatic rings. The van der Waals surface area contributed by atoms with Crippen molar-refractivity contribution in [2.45, 2.75) is 39.7 Å². The van der Waals surface area contributed by atoms with Gasteiger partial charge in [-0.15, -0.1) is 0 Å². The summed E-state index contributed by atoms with van der Waals surface area (Å²) >= 11 is 0. The molecule has 3 heteroatoms. The van der Waals surface area contributed by atoms with Gasteiger partial charge in [-0.05, 0) is 31.5 Å². The van der Waals surface area contributed by atoms with Crippen LogP contribution in [0.5, 0.6) is 11.5 Å². The Morgan fingerprint density at radius 3 is 2.12 bits per heavy atom. The van der Waals surface area contributed by atoms with Gasteiger partial charge in [-0.3, -0.25) is 0 Å². The fraction of sp³-hybridized carbons (Fsp3) is 0.571. The van der Waals surface area contributed by atoms with Gasteiger partial charge in [-0.1, -0.05) is 32.8 Å². The van der Waals surface area contributed by atoms with E-state index in [1.807, 2.05) is 6.92 Å². The van der Waals surface area contributed by atoms with Gasteiger partial charge < -0.3 is 15.5 Å². The molecule has 3 nitrogen and oxygen atoms in total. The molecule has 0 spiro atoms. The van der Waals surface area contributed by atoms with Crippen molar-refractivity contribution in [2.24, 2.45) is 5.92 Å². The minimum absolute atomic E-state index is 0.0446. The number of hydrogen-bond acceptors (Lipinski definition) is 3. The van der Waals surface area contributed by atoms with Crippen LogP contribution in [0.25, 0.3) is 0 Å². The molecule has 1 atom stereocenters. The monoisotopic (exact) mass is 237 g/mol. The van der Waals surface area contributed by atoms with Gasteiger partial charge in [-0.25, -0.2) is 0 Å². The number of rotatable bonds is 6. The molecule has 3 N–H and O–H groups in total. The van der Waals surface area contributed by atoms with Crippen molar-refractivity contribution in [3.63, 3.8) is 0 Å². The molecule has 0 aliphatic carbocycles. The van der Waals surface area contributed by atoms with Crippen molar-refractivity contribution in [1.29, 1.82) is 0 Å². The van der Waals surface area contributed by atoms with E-state index >= 15 is 0 Å². The van der Waals surface area contributed by atoms with Gasteiger partial charge >= 0.3 is 0 Å². The standard InChI is InChI=1S/C14H23NO2/c1-4-11(5-2)9-15-10(3)14-12(16)7-6-8-13(14)17/h6-8,10-11,15-17H,4-5,9H2,1-3H3. The van der Waals surface area contributed by atoms with Crippen molar-refractivity contribution in [3.8, 4) is 11.5 Å². The van der Waals surface area contributed by atoms with Crippen molar-refractivity contribution < 1.29 is 10.2 Å². The summed E-state index contributed by atoms with van der Waals surface area (Å²) in [7, 11) is 0. The highest BCUT2D eigenvalue weighted by Gasteiger charge is 2.15. The van der Waals surface area contributed by atoms with Gasteiger partial charge in [0, 0.05) is 6.04 Å². The van der Waals surface area contributed by atoms with E-state index < -0.39 is 0 Å². The second kappa shape index (κ2) is 6.50. The van der Waals surface area contributed by atoms with Crippen LogP contribution in [0.15, 0.2) is 18.2 Å². The first kappa shape index (κ1) is 13.8. The van der Waals surface area contributed by atoms with E-state index in [1.54, 1.807) is 18.2 Å². The van der Waals surface area contributed by atoms with Gasteiger partial charge in [0.2, 0.25) is 0 Å². The van der Waals surface area contributed by atoms with E-state index in [2.05, 4.69) is 19.2 Å². The molecular weight excluding hydrogens is 214 g/mol. The molecular formula is C14H23NO2. The third-order valence-corrected chi connectivity index (χ3v) is 3.36. The van der Waals surface area contributed by atoms with Crippen molar-refractivity contribution in [1.82, 2.24) is 5.32 Å². The SMILES string of the molecule is CCC(CC)CNC(C)c1c(O)cccc1O. The van der Waals surface area contributed by atoms with E-state index in [0.717, 1.165) is 19.4 Å². The molecule has 1 aromatic carbocycles. The molecule has 0 aromatic heterocycles. The first-order chi connectivity index (χ1) is 8.10. The lowest BCUT2D eigenvalue weighted by Crippen LogP contribution is -2.25. The number of nitrogens with one attached hydrogen (secondary N) is 1. The van der Waals surface area contributed by atoms with Gasteiger partial charge in [0.1, 0.15) is 11.5 Å². The molecule has 0 aliphatic heterocycles. The van der Waals surface area contributed by atoms with Gasteiger partial charge in [0.05, 0.1) is 5.56 Å². The number of aromatic hydroxyl groups is 2. The molecule has 0 bridgehead atoms. The Morgan fingerprint density at radius 1 is 1.12 bits per heavy atom. The Bertz CT molecular complexity index is 328. The summed E-state index contributed by atoms with van der Waals surface area (Å²) in [4.78, 5) is 0. The normalized spacial score (nSPS) is 12.9. The van der Waals surface area contributed by atoms with Crippen molar-refractivity contribution in [2.75, 3.05) is 6.54 Å². The first-order valence-corrected chi connectivity index (χ1v) is 6.34. The average Bonchev–Trinajstić information content (AvgIpc) is 2.30. The maximum atomic E-state index is 9.74. The highest BCUT2D eigenvalue weighted by atomic mass is 16.3. The van der Waals surface area contributed by atoms with E-state index in [0.29, 0.717) is 11.5 Å². The summed E-state index contributed by atoms with van der Waals surface area (Å²) in [5.41, 5.74) is 0.582. The lowest BCUT2D eigenvalue weighted by Gasteiger charge is -2.20. The van der Waals surface area contributed by atoms with Crippen LogP contribution in [0.1, 0.15) is 45.2 Å². The first-order valence-electron chi connectivity index (χ1n) is 6.34. The van der Waals surface area contributed by atoms with Crippen LogP contribution in [-0.2, 0) is 0 Å². The zero-order valence-corrected chi connectivity index (χ0v) is 10.9. The lowest BCUT2D eigenvalue weighted by atomic mass is 10.0. The Morgan fingerprint density at radius 2 is 1.65 bits per heavy atom. The van der Waals surface area contributed by atoms with Crippen LogP contribution < -0.4 is 5.32 Å². The predicted molar refractivity (Wildman–Crippen MR) is 70.3 cm³/mol. The third kappa shape index (κ3) is 3.63. The van der Waals surface area contributed by atoms with Gasteiger partial charge in [0.25, 0.3) is 0 Å². The van der Waals surface area contributed by atoms with Crippen LogP contribution in [-0.4, -0.2) is 16.8 Å². The largest absolute Gasteiger partial charge is 0.507 e. The average molecular weight is 237 g/mol. The van der Waals surface area contributed by atoms with Crippen LogP contribution in [0.3, 0.4) is 0 Å². The zero-order valence-electron chi connectivity index (χ0n) is 10.9. The number of benzene rings is 1. The fourth-order valence-corrected chi connectivity index (χ4v) is 2.01. The second-order valence-electron chi connectivity index (χ2n) is 4.52. The highest BCUT2D eigenvalue weighted by Crippen LogP contribution is 2.32. The Balaban J connectivity index is 2.66. The lowest BCUT2D eigenvalue weighted by molar-refractivity contribution is 0.392. The van der Waals surface area contributed by atoms with Gasteiger partial charge in [0.15, 0.2) is 0 Å². The van der Waals surface area contributed by atoms with Crippen molar-refractivity contribution >= 4 is 0 Å². The maximum Gasteiger partial charge on any atom is 0.124 e. The number of phenols is 2. The quantitative estimate of drug-likeness (QED) is 0.712. The molecule has 1 rings (SSSR count). The topological polar surface area (TPSA) is 52.5 Å². The van der Waals surface area contributed by atoms with Crippen LogP contribution in [0, 0.1) is 5.92 Å². The molecule has 0 saturated carbocycles. The van der Waals surface area contributed by atoms with Crippen LogP contribution in [0.4, 0.5) is 0 Å². The number of hydrogen-bond donors (Lipinski definition) is 3. The summed E-state index contributed by atoms with van der Waals surface area (Å²) in [6.07, 6.45) is 2.28. The molecule has 0 heterocycles. The van der Waals surface area contributed by atoms with E-state index in [9.17, 15) is 10.2 Å². The number of phenolic OH excluding ortho intramolecular Hbond substituents is 2. The van der Waals surface area contributed by atoms with E-state index in [4.69, 9.17) is 0 Å². The molecule has 1 unspecified atom stereocenters. The Labute approximate surface area is 103 Å². The van der Waals surface area contributed by atoms with Crippen LogP contribution >= 0.6 is 0 Å². The Kier molecular flexibility index (Phi) is 5.29. The summed E-state index contributed by atoms with van der Waals surface area (Å²) in [5, 5.41) is 22.8. The van der Waals surface area contributed by atoms with Crippen LogP contribution in [0.2, 0.25) is 0 Å². The summed E-state index contributed by atoms with van der Waals surface area (Å²) < 4.78 is 0. The molecule has 0 saturated heterocycles. The molecule has 0 amide bonds. The third-order valence-electron chi connectivity index (χ3n) is 3.36. The van der Waals surface area contributed by atoms with E-state index in [-0.39, 0.29) is 17.5 Å². The minimum atomic E-state index is -0.0446. The summed E-state index contributed by atoms with van der Waals surface area (Å²) in [6.45, 7) is 7.22. The van der Waals surface area contributed by atoms with Gasteiger partial charge in [-0.2, -0.15) is 0 Å². The summed E-state index contributed by atoms with van der Waals surface area (Å²) in [5.74, 6) is 0.939. The molecule has 0 fully saturated rings. The molecule has 96 valence electrons. The predicted octanol–water partition coefficient (Wildman–Crippen LogP) is 3.18. The summed E-state index contributed by atoms with van der Waals surface area (Å²) in [6, 6.07) is 4.80. The minimum Gasteiger partial charge on any atom is -0.507 e. The second-order valence-corrected chi connectivity index (χ2v) is 4.52. The smallest absolute Gasteiger partial charge is 0.124 e. The maximum absolute atomic E-state index is 9.74. The van der Waals surface area contributed by atoms with E-state index in [1.165, 1.54) is 0 Å². The molecule has 1 aromatic rings. The molecule has 0 radical (unpaired) electrons. The zero-order chi connectivity index (χ0) is 12.8. The Hall–Kier alpha value is -1.22.